The second-order valence-corrected chi connectivity index (χ2v) is 9.64. The van der Waals surface area contributed by atoms with Gasteiger partial charge in [-0.1, -0.05) is 6.92 Å². The minimum Gasteiger partial charge on any atom is -0.422 e. The lowest BCUT2D eigenvalue weighted by atomic mass is 9.64. The molecule has 16 heteroatoms. The third-order valence-electron chi connectivity index (χ3n) is 6.69. The van der Waals surface area contributed by atoms with Crippen molar-refractivity contribution >= 4 is 11.7 Å². The number of nitrogens with one attached hydrogen (secondary N) is 1. The normalized spacial score (nSPS) is 23.3. The molecule has 1 N–H and O–H groups in total. The van der Waals surface area contributed by atoms with Crippen molar-refractivity contribution < 1.29 is 39.9 Å². The number of urea groups is 1. The molecular formula is C22H20F7N7O2. The molecule has 204 valence electrons. The molecule has 3 fully saturated rings. The molecule has 2 amide bonds. The van der Waals surface area contributed by atoms with Crippen molar-refractivity contribution in [1.29, 1.82) is 0 Å². The largest absolute Gasteiger partial charge is 0.422 e. The maximum Gasteiger partial charge on any atom is 0.417 e. The molecule has 1 saturated carbocycles. The summed E-state index contributed by atoms with van der Waals surface area (Å²) in [5, 5.41) is 13.4. The number of hydrogen-bond donors (Lipinski definition) is 1. The lowest BCUT2D eigenvalue weighted by molar-refractivity contribution is -0.137. The number of hydrogen-bond acceptors (Lipinski definition) is 6. The number of carbonyl (C=O) groups is 1. The second-order valence-electron chi connectivity index (χ2n) is 9.64. The average molecular weight is 547 g/mol. The van der Waals surface area contributed by atoms with Crippen molar-refractivity contribution in [3.8, 4) is 11.4 Å². The molecule has 2 bridgehead atoms. The van der Waals surface area contributed by atoms with E-state index in [0.29, 0.717) is 19.3 Å². The molecule has 3 atom stereocenters. The highest BCUT2D eigenvalue weighted by Gasteiger charge is 2.62. The number of aromatic nitrogens is 5. The summed E-state index contributed by atoms with van der Waals surface area (Å²) in [6.07, 6.45) is -8.61. The number of carbonyl (C=O) groups excluding carboxylic acids is 1. The van der Waals surface area contributed by atoms with E-state index in [0.717, 1.165) is 6.07 Å². The Labute approximate surface area is 210 Å². The van der Waals surface area contributed by atoms with Crippen molar-refractivity contribution in [2.45, 2.75) is 56.5 Å². The van der Waals surface area contributed by atoms with E-state index in [1.54, 1.807) is 0 Å². The molecule has 1 aliphatic carbocycles. The molecule has 9 nitrogen and oxygen atoms in total. The molecule has 3 aromatic rings. The summed E-state index contributed by atoms with van der Waals surface area (Å²) in [6, 6.07) is -0.199. The smallest absolute Gasteiger partial charge is 0.417 e. The summed E-state index contributed by atoms with van der Waals surface area (Å²) >= 11 is 0. The van der Waals surface area contributed by atoms with Crippen molar-refractivity contribution in [3.05, 3.63) is 41.6 Å². The number of benzene rings is 1. The molecule has 1 aromatic carbocycles. The Balaban J connectivity index is 1.47. The number of piperidine rings is 1. The summed E-state index contributed by atoms with van der Waals surface area (Å²) in [5.74, 6) is -2.46. The van der Waals surface area contributed by atoms with Gasteiger partial charge in [-0.15, -0.1) is 10.2 Å². The molecule has 0 radical (unpaired) electrons. The highest BCUT2D eigenvalue weighted by Crippen LogP contribution is 2.55. The number of fused-ring (bicyclic) bond motifs is 2. The molecular weight excluding hydrogens is 527 g/mol. The van der Waals surface area contributed by atoms with E-state index >= 15 is 0 Å². The number of aryl methyl sites for hydroxylation is 1. The summed E-state index contributed by atoms with van der Waals surface area (Å²) in [4.78, 5) is 18.4. The minimum atomic E-state index is -4.93. The Hall–Kier alpha value is -3.72. The Morgan fingerprint density at radius 2 is 1.92 bits per heavy atom. The van der Waals surface area contributed by atoms with Gasteiger partial charge in [-0.05, 0) is 30.9 Å². The first-order chi connectivity index (χ1) is 17.7. The predicted molar refractivity (Wildman–Crippen MR) is 115 cm³/mol. The Morgan fingerprint density at radius 1 is 1.18 bits per heavy atom. The van der Waals surface area contributed by atoms with Gasteiger partial charge in [-0.2, -0.15) is 31.4 Å². The third-order valence-corrected chi connectivity index (χ3v) is 6.69. The number of rotatable bonds is 4. The molecule has 2 aromatic heterocycles. The maximum atomic E-state index is 14.8. The molecule has 38 heavy (non-hydrogen) atoms. The maximum absolute atomic E-state index is 14.8. The molecule has 2 aliphatic heterocycles. The van der Waals surface area contributed by atoms with Gasteiger partial charge in [0.1, 0.15) is 24.1 Å². The van der Waals surface area contributed by atoms with Crippen LogP contribution in [0.15, 0.2) is 22.9 Å². The van der Waals surface area contributed by atoms with Crippen LogP contribution in [-0.4, -0.2) is 48.1 Å². The topological polar surface area (TPSA) is 102 Å². The lowest BCUT2D eigenvalue weighted by Crippen LogP contribution is -2.70. The van der Waals surface area contributed by atoms with E-state index in [1.807, 2.05) is 6.92 Å². The van der Waals surface area contributed by atoms with Crippen LogP contribution in [0.2, 0.25) is 0 Å². The monoisotopic (exact) mass is 547 g/mol. The van der Waals surface area contributed by atoms with E-state index in [2.05, 4.69) is 25.6 Å². The van der Waals surface area contributed by atoms with Crippen molar-refractivity contribution in [2.75, 3.05) is 5.32 Å². The zero-order valence-electron chi connectivity index (χ0n) is 19.9. The molecule has 2 saturated heterocycles. The van der Waals surface area contributed by atoms with Crippen molar-refractivity contribution in [1.82, 2.24) is 29.9 Å². The van der Waals surface area contributed by atoms with E-state index in [-0.39, 0.29) is 29.7 Å². The summed E-state index contributed by atoms with van der Waals surface area (Å²) < 4.78 is 101. The van der Waals surface area contributed by atoms with Crippen LogP contribution in [0.5, 0.6) is 0 Å². The summed E-state index contributed by atoms with van der Waals surface area (Å²) in [5.41, 5.74) is -3.65. The van der Waals surface area contributed by atoms with Crippen LogP contribution in [0.3, 0.4) is 0 Å². The van der Waals surface area contributed by atoms with Crippen molar-refractivity contribution in [3.63, 3.8) is 0 Å². The van der Waals surface area contributed by atoms with Crippen LogP contribution in [0.4, 0.5) is 41.2 Å². The first-order valence-corrected chi connectivity index (χ1v) is 11.4. The van der Waals surface area contributed by atoms with Gasteiger partial charge in [0.25, 0.3) is 0 Å². The van der Waals surface area contributed by atoms with E-state index < -0.39 is 58.9 Å². The number of alkyl halides is 6. The van der Waals surface area contributed by atoms with Crippen LogP contribution < -0.4 is 5.32 Å². The molecule has 6 rings (SSSR count). The zero-order valence-corrected chi connectivity index (χ0v) is 19.9. The quantitative estimate of drug-likeness (QED) is 0.459. The first-order valence-electron chi connectivity index (χ1n) is 11.4. The predicted octanol–water partition coefficient (Wildman–Crippen LogP) is 5.06. The van der Waals surface area contributed by atoms with Gasteiger partial charge in [-0.3, -0.25) is 4.68 Å². The Kier molecular flexibility index (Phi) is 5.90. The van der Waals surface area contributed by atoms with Gasteiger partial charge >= 0.3 is 18.4 Å². The summed E-state index contributed by atoms with van der Waals surface area (Å²) in [6.45, 7) is 1.89. The van der Waals surface area contributed by atoms with E-state index in [1.165, 1.54) is 23.0 Å². The fourth-order valence-electron chi connectivity index (χ4n) is 5.36. The first kappa shape index (κ1) is 25.9. The van der Waals surface area contributed by atoms with Gasteiger partial charge in [-0.25, -0.2) is 14.2 Å². The van der Waals surface area contributed by atoms with Gasteiger partial charge < -0.3 is 14.6 Å². The van der Waals surface area contributed by atoms with Gasteiger partial charge in [0.15, 0.2) is 5.82 Å². The highest BCUT2D eigenvalue weighted by atomic mass is 19.4. The Bertz CT molecular complexity index is 1380. The molecule has 3 aliphatic rings. The molecule has 4 heterocycles. The number of amides is 2. The number of anilines is 1. The summed E-state index contributed by atoms with van der Waals surface area (Å²) in [7, 11) is 1.44. The zero-order chi connectivity index (χ0) is 27.6. The standard InChI is InChI=1S/C22H20F7N7O2/c1-10-3-11-7-20(6-10,18-33-32-16(38-18)8-21(24,25)26)36(11)19(37)31-15-4-12(17-30-9-35(2)34-17)13(5-14(15)23)22(27,28)29/h4-5,9-11H,3,6-8H2,1-2H3,(H,31,37)/t10-,11?,20?/m0/s1. The minimum absolute atomic E-state index is 0.0559. The van der Waals surface area contributed by atoms with Gasteiger partial charge in [0.05, 0.1) is 11.3 Å². The molecule has 2 unspecified atom stereocenters. The second kappa shape index (κ2) is 8.66. The van der Waals surface area contributed by atoms with Gasteiger partial charge in [0.2, 0.25) is 11.8 Å². The van der Waals surface area contributed by atoms with Crippen LogP contribution >= 0.6 is 0 Å². The van der Waals surface area contributed by atoms with Crippen molar-refractivity contribution in [2.24, 2.45) is 13.0 Å². The van der Waals surface area contributed by atoms with Crippen LogP contribution in [0.1, 0.15) is 43.5 Å². The Morgan fingerprint density at radius 3 is 2.55 bits per heavy atom. The van der Waals surface area contributed by atoms with Crippen LogP contribution in [0, 0.1) is 11.7 Å². The third kappa shape index (κ3) is 4.55. The van der Waals surface area contributed by atoms with Gasteiger partial charge in [0, 0.05) is 25.1 Å². The fraction of sp³-hybridized carbons (Fsp3) is 0.500. The van der Waals surface area contributed by atoms with Crippen LogP contribution in [-0.2, 0) is 25.2 Å². The average Bonchev–Trinajstić information content (AvgIpc) is 3.41. The highest BCUT2D eigenvalue weighted by molar-refractivity contribution is 5.92. The fourth-order valence-corrected chi connectivity index (χ4v) is 5.36. The van der Waals surface area contributed by atoms with E-state index in [9.17, 15) is 35.5 Å². The SMILES string of the molecule is C[C@H]1CC2CC(c3nnc(CC(F)(F)F)o3)(C1)N2C(=O)Nc1cc(-c2ncn(C)n2)c(C(F)(F)F)cc1F. The number of nitrogens with zero attached hydrogens (tertiary/aromatic N) is 6. The lowest BCUT2D eigenvalue weighted by Gasteiger charge is -2.61. The van der Waals surface area contributed by atoms with E-state index in [4.69, 9.17) is 4.42 Å². The molecule has 0 spiro atoms. The number of halogens is 7. The van der Waals surface area contributed by atoms with Crippen LogP contribution in [0.25, 0.3) is 11.4 Å².